The molecule has 0 amide bonds. The molecule has 0 saturated heterocycles. The van der Waals surface area contributed by atoms with Crippen LogP contribution in [0.3, 0.4) is 0 Å². The number of hydrogen-bond donors (Lipinski definition) is 1. The topological polar surface area (TPSA) is 41.1 Å². The Morgan fingerprint density at radius 3 is 2.48 bits per heavy atom. The molecule has 2 aromatic carbocycles. The van der Waals surface area contributed by atoms with Crippen LogP contribution >= 0.6 is 0 Å². The molecule has 3 rings (SSSR count). The number of nitrogens with zero attached hydrogens (tertiary/aromatic N) is 3. The summed E-state index contributed by atoms with van der Waals surface area (Å²) in [7, 11) is 1.97. The molecule has 0 fully saturated rings. The van der Waals surface area contributed by atoms with Gasteiger partial charge in [-0.1, -0.05) is 36.4 Å². The highest BCUT2D eigenvalue weighted by Crippen LogP contribution is 2.23. The standard InChI is InChI=1S/C20H21FN4/c1-15-23-19(22-13-12-16-8-6-7-11-18(16)21)14-20(24-15)25(2)17-9-4-3-5-10-17/h3-11,14H,12-13H2,1-2H3,(H,22,23,24). The summed E-state index contributed by atoms with van der Waals surface area (Å²) >= 11 is 0. The number of para-hydroxylation sites is 1. The highest BCUT2D eigenvalue weighted by atomic mass is 19.1. The van der Waals surface area contributed by atoms with Crippen LogP contribution in [0.25, 0.3) is 0 Å². The summed E-state index contributed by atoms with van der Waals surface area (Å²) in [6.07, 6.45) is 0.597. The van der Waals surface area contributed by atoms with Gasteiger partial charge in [-0.15, -0.1) is 0 Å². The summed E-state index contributed by atoms with van der Waals surface area (Å²) in [6, 6.07) is 18.8. The zero-order valence-corrected chi connectivity index (χ0v) is 14.4. The second kappa shape index (κ2) is 7.75. The molecule has 5 heteroatoms. The number of rotatable bonds is 6. The van der Waals surface area contributed by atoms with Gasteiger partial charge >= 0.3 is 0 Å². The molecule has 0 aliphatic heterocycles. The van der Waals surface area contributed by atoms with Gasteiger partial charge in [0, 0.05) is 25.3 Å². The minimum absolute atomic E-state index is 0.173. The van der Waals surface area contributed by atoms with Crippen LogP contribution in [-0.2, 0) is 6.42 Å². The van der Waals surface area contributed by atoms with Gasteiger partial charge in [0.25, 0.3) is 0 Å². The number of aryl methyl sites for hydroxylation is 1. The molecule has 1 aromatic heterocycles. The summed E-state index contributed by atoms with van der Waals surface area (Å²) in [5.41, 5.74) is 1.75. The van der Waals surface area contributed by atoms with Gasteiger partial charge in [-0.3, -0.25) is 0 Å². The van der Waals surface area contributed by atoms with Crippen molar-refractivity contribution in [1.82, 2.24) is 9.97 Å². The quantitative estimate of drug-likeness (QED) is 0.727. The summed E-state index contributed by atoms with van der Waals surface area (Å²) in [4.78, 5) is 10.9. The van der Waals surface area contributed by atoms with Gasteiger partial charge in [-0.25, -0.2) is 14.4 Å². The summed E-state index contributed by atoms with van der Waals surface area (Å²) < 4.78 is 13.7. The summed E-state index contributed by atoms with van der Waals surface area (Å²) in [6.45, 7) is 2.47. The van der Waals surface area contributed by atoms with E-state index in [0.717, 1.165) is 17.3 Å². The fourth-order valence-electron chi connectivity index (χ4n) is 2.62. The molecule has 1 heterocycles. The van der Waals surface area contributed by atoms with E-state index in [4.69, 9.17) is 0 Å². The number of halogens is 1. The van der Waals surface area contributed by atoms with Crippen molar-refractivity contribution in [3.63, 3.8) is 0 Å². The van der Waals surface area contributed by atoms with Crippen molar-refractivity contribution in [2.24, 2.45) is 0 Å². The lowest BCUT2D eigenvalue weighted by molar-refractivity contribution is 0.610. The lowest BCUT2D eigenvalue weighted by Crippen LogP contribution is -2.14. The van der Waals surface area contributed by atoms with E-state index in [9.17, 15) is 4.39 Å². The first-order valence-corrected chi connectivity index (χ1v) is 8.25. The zero-order chi connectivity index (χ0) is 17.6. The van der Waals surface area contributed by atoms with Crippen molar-refractivity contribution in [1.29, 1.82) is 0 Å². The average molecular weight is 336 g/mol. The maximum Gasteiger partial charge on any atom is 0.138 e. The van der Waals surface area contributed by atoms with Gasteiger partial charge in [0.15, 0.2) is 0 Å². The van der Waals surface area contributed by atoms with Gasteiger partial charge in [-0.2, -0.15) is 0 Å². The molecule has 4 nitrogen and oxygen atoms in total. The van der Waals surface area contributed by atoms with E-state index in [2.05, 4.69) is 15.3 Å². The van der Waals surface area contributed by atoms with Crippen molar-refractivity contribution in [2.75, 3.05) is 23.8 Å². The Kier molecular flexibility index (Phi) is 5.23. The third kappa shape index (κ3) is 4.32. The fourth-order valence-corrected chi connectivity index (χ4v) is 2.62. The number of benzene rings is 2. The van der Waals surface area contributed by atoms with Gasteiger partial charge < -0.3 is 10.2 Å². The van der Waals surface area contributed by atoms with Crippen LogP contribution in [0.1, 0.15) is 11.4 Å². The molecular weight excluding hydrogens is 315 g/mol. The number of aromatic nitrogens is 2. The molecule has 0 spiro atoms. The predicted molar refractivity (Wildman–Crippen MR) is 99.9 cm³/mol. The highest BCUT2D eigenvalue weighted by Gasteiger charge is 2.08. The van der Waals surface area contributed by atoms with E-state index in [1.54, 1.807) is 12.1 Å². The van der Waals surface area contributed by atoms with E-state index < -0.39 is 0 Å². The van der Waals surface area contributed by atoms with Crippen LogP contribution < -0.4 is 10.2 Å². The Balaban J connectivity index is 1.70. The molecule has 0 aliphatic carbocycles. The van der Waals surface area contributed by atoms with E-state index in [0.29, 0.717) is 24.4 Å². The van der Waals surface area contributed by atoms with Crippen molar-refractivity contribution in [2.45, 2.75) is 13.3 Å². The SMILES string of the molecule is Cc1nc(NCCc2ccccc2F)cc(N(C)c2ccccc2)n1. The highest BCUT2D eigenvalue weighted by molar-refractivity contribution is 5.61. The van der Waals surface area contributed by atoms with Crippen LogP contribution in [0.15, 0.2) is 60.7 Å². The second-order valence-corrected chi connectivity index (χ2v) is 5.82. The third-order valence-corrected chi connectivity index (χ3v) is 3.97. The molecule has 3 aromatic rings. The number of hydrogen-bond acceptors (Lipinski definition) is 4. The Hall–Kier alpha value is -2.95. The predicted octanol–water partition coefficient (Wildman–Crippen LogP) is 4.35. The fraction of sp³-hybridized carbons (Fsp3) is 0.200. The van der Waals surface area contributed by atoms with Crippen molar-refractivity contribution in [3.8, 4) is 0 Å². The smallest absolute Gasteiger partial charge is 0.138 e. The van der Waals surface area contributed by atoms with E-state index in [1.165, 1.54) is 6.07 Å². The Bertz CT molecular complexity index is 836. The van der Waals surface area contributed by atoms with Crippen LogP contribution in [0.4, 0.5) is 21.7 Å². The summed E-state index contributed by atoms with van der Waals surface area (Å²) in [5, 5.41) is 3.26. The molecule has 0 unspecified atom stereocenters. The lowest BCUT2D eigenvalue weighted by Gasteiger charge is -2.19. The normalized spacial score (nSPS) is 10.5. The number of nitrogens with one attached hydrogen (secondary N) is 1. The van der Waals surface area contributed by atoms with Gasteiger partial charge in [-0.05, 0) is 37.1 Å². The Morgan fingerprint density at radius 1 is 1.00 bits per heavy atom. The molecule has 1 N–H and O–H groups in total. The summed E-state index contributed by atoms with van der Waals surface area (Å²) in [5.74, 6) is 2.06. The molecule has 0 radical (unpaired) electrons. The van der Waals surface area contributed by atoms with Crippen LogP contribution in [0.2, 0.25) is 0 Å². The van der Waals surface area contributed by atoms with E-state index in [1.807, 2.05) is 61.3 Å². The molecule has 25 heavy (non-hydrogen) atoms. The first kappa shape index (κ1) is 16.9. The zero-order valence-electron chi connectivity index (χ0n) is 14.4. The van der Waals surface area contributed by atoms with Gasteiger partial charge in [0.2, 0.25) is 0 Å². The van der Waals surface area contributed by atoms with Gasteiger partial charge in [0.05, 0.1) is 0 Å². The molecule has 0 atom stereocenters. The largest absolute Gasteiger partial charge is 0.370 e. The van der Waals surface area contributed by atoms with Gasteiger partial charge in [0.1, 0.15) is 23.3 Å². The average Bonchev–Trinajstić information content (AvgIpc) is 2.63. The molecule has 0 bridgehead atoms. The first-order chi connectivity index (χ1) is 12.1. The lowest BCUT2D eigenvalue weighted by atomic mass is 10.1. The van der Waals surface area contributed by atoms with Crippen LogP contribution in [-0.4, -0.2) is 23.6 Å². The van der Waals surface area contributed by atoms with Crippen molar-refractivity contribution in [3.05, 3.63) is 77.9 Å². The van der Waals surface area contributed by atoms with Crippen molar-refractivity contribution >= 4 is 17.3 Å². The van der Waals surface area contributed by atoms with Crippen molar-refractivity contribution < 1.29 is 4.39 Å². The van der Waals surface area contributed by atoms with E-state index >= 15 is 0 Å². The Morgan fingerprint density at radius 2 is 1.72 bits per heavy atom. The van der Waals surface area contributed by atoms with Crippen LogP contribution in [0.5, 0.6) is 0 Å². The molecule has 0 saturated carbocycles. The Labute approximate surface area is 147 Å². The monoisotopic (exact) mass is 336 g/mol. The maximum absolute atomic E-state index is 13.7. The number of anilines is 3. The maximum atomic E-state index is 13.7. The minimum atomic E-state index is -0.173. The first-order valence-electron chi connectivity index (χ1n) is 8.25. The molecule has 0 aliphatic rings. The molecular formula is C20H21FN4. The minimum Gasteiger partial charge on any atom is -0.370 e. The van der Waals surface area contributed by atoms with Crippen LogP contribution in [0, 0.1) is 12.7 Å². The van der Waals surface area contributed by atoms with E-state index in [-0.39, 0.29) is 5.82 Å². The third-order valence-electron chi connectivity index (χ3n) is 3.97. The second-order valence-electron chi connectivity index (χ2n) is 5.82. The molecule has 128 valence electrons.